The highest BCUT2D eigenvalue weighted by atomic mass is 35.5. The van der Waals surface area contributed by atoms with Crippen LogP contribution in [0.25, 0.3) is 10.9 Å². The smallest absolute Gasteiger partial charge is 0.0906 e. The van der Waals surface area contributed by atoms with E-state index in [1.807, 2.05) is 12.1 Å². The van der Waals surface area contributed by atoms with Gasteiger partial charge in [0.2, 0.25) is 0 Å². The van der Waals surface area contributed by atoms with Crippen molar-refractivity contribution in [3.05, 3.63) is 28.9 Å². The van der Waals surface area contributed by atoms with E-state index in [0.29, 0.717) is 5.02 Å². The minimum Gasteiger partial charge on any atom is -0.385 e. The summed E-state index contributed by atoms with van der Waals surface area (Å²) < 4.78 is 0. The monoisotopic (exact) mass is 208 g/mol. The van der Waals surface area contributed by atoms with Crippen molar-refractivity contribution in [1.82, 2.24) is 10.2 Å². The number of aliphatic hydroxyl groups is 1. The van der Waals surface area contributed by atoms with Gasteiger partial charge in [0.15, 0.2) is 0 Å². The van der Waals surface area contributed by atoms with Crippen LogP contribution in [0.1, 0.15) is 18.4 Å². The highest BCUT2D eigenvalue weighted by Crippen LogP contribution is 2.48. The van der Waals surface area contributed by atoms with Crippen LogP contribution in [0.3, 0.4) is 0 Å². The van der Waals surface area contributed by atoms with E-state index < -0.39 is 5.60 Å². The summed E-state index contributed by atoms with van der Waals surface area (Å²) in [6, 6.07) is 3.64. The second kappa shape index (κ2) is 2.49. The molecule has 1 heterocycles. The lowest BCUT2D eigenvalue weighted by atomic mass is 10.0. The van der Waals surface area contributed by atoms with Crippen molar-refractivity contribution in [1.29, 1.82) is 0 Å². The van der Waals surface area contributed by atoms with Crippen LogP contribution in [-0.2, 0) is 5.60 Å². The summed E-state index contributed by atoms with van der Waals surface area (Å²) in [5, 5.41) is 18.4. The maximum atomic E-state index is 10.0. The molecule has 1 aromatic heterocycles. The molecular weight excluding hydrogens is 200 g/mol. The highest BCUT2D eigenvalue weighted by Gasteiger charge is 2.43. The number of nitrogens with zero attached hydrogens (tertiary/aromatic N) is 1. The molecule has 3 nitrogen and oxygen atoms in total. The molecule has 2 aromatic rings. The molecule has 0 aliphatic heterocycles. The zero-order valence-electron chi connectivity index (χ0n) is 7.42. The molecule has 1 aliphatic carbocycles. The third-order valence-corrected chi connectivity index (χ3v) is 2.97. The largest absolute Gasteiger partial charge is 0.385 e. The van der Waals surface area contributed by atoms with Crippen molar-refractivity contribution >= 4 is 22.5 Å². The summed E-state index contributed by atoms with van der Waals surface area (Å²) in [6.07, 6.45) is 3.36. The standard InChI is InChI=1S/C10H9ClN2O/c11-6-3-8(10(14)1-2-10)7-5-12-13-9(7)4-6/h3-5,14H,1-2H2,(H,12,13). The van der Waals surface area contributed by atoms with Crippen molar-refractivity contribution in [3.63, 3.8) is 0 Å². The molecule has 0 spiro atoms. The molecule has 0 unspecified atom stereocenters. The molecule has 4 heteroatoms. The average Bonchev–Trinajstić information content (AvgIpc) is 2.74. The van der Waals surface area contributed by atoms with E-state index in [0.717, 1.165) is 29.3 Å². The van der Waals surface area contributed by atoms with Crippen LogP contribution >= 0.6 is 11.6 Å². The van der Waals surface area contributed by atoms with Crippen LogP contribution in [0, 0.1) is 0 Å². The topological polar surface area (TPSA) is 48.9 Å². The number of rotatable bonds is 1. The summed E-state index contributed by atoms with van der Waals surface area (Å²) in [6.45, 7) is 0. The van der Waals surface area contributed by atoms with Crippen LogP contribution in [0.5, 0.6) is 0 Å². The molecule has 1 aromatic carbocycles. The average molecular weight is 209 g/mol. The molecular formula is C10H9ClN2O. The second-order valence-corrected chi connectivity index (χ2v) is 4.25. The van der Waals surface area contributed by atoms with Gasteiger partial charge in [0.1, 0.15) is 0 Å². The van der Waals surface area contributed by atoms with Gasteiger partial charge in [0, 0.05) is 10.4 Å². The van der Waals surface area contributed by atoms with Gasteiger partial charge >= 0.3 is 0 Å². The number of fused-ring (bicyclic) bond motifs is 1. The molecule has 2 N–H and O–H groups in total. The molecule has 0 bridgehead atoms. The molecule has 0 saturated heterocycles. The zero-order valence-corrected chi connectivity index (χ0v) is 8.17. The Morgan fingerprint density at radius 1 is 1.43 bits per heavy atom. The van der Waals surface area contributed by atoms with E-state index in [1.165, 1.54) is 0 Å². The Kier molecular flexibility index (Phi) is 1.47. The molecule has 14 heavy (non-hydrogen) atoms. The molecule has 1 fully saturated rings. The van der Waals surface area contributed by atoms with Gasteiger partial charge in [-0.1, -0.05) is 11.6 Å². The number of H-pyrrole nitrogens is 1. The quantitative estimate of drug-likeness (QED) is 0.755. The predicted molar refractivity (Wildman–Crippen MR) is 54.2 cm³/mol. The van der Waals surface area contributed by atoms with Crippen molar-refractivity contribution in [3.8, 4) is 0 Å². The van der Waals surface area contributed by atoms with E-state index in [2.05, 4.69) is 10.2 Å². The van der Waals surface area contributed by atoms with Gasteiger partial charge in [0.05, 0.1) is 17.3 Å². The Morgan fingerprint density at radius 3 is 2.93 bits per heavy atom. The second-order valence-electron chi connectivity index (χ2n) is 3.82. The van der Waals surface area contributed by atoms with Gasteiger partial charge < -0.3 is 5.11 Å². The number of hydrogen-bond acceptors (Lipinski definition) is 2. The number of halogens is 1. The Bertz CT molecular complexity index is 502. The predicted octanol–water partition coefficient (Wildman–Crippen LogP) is 2.20. The fraction of sp³-hybridized carbons (Fsp3) is 0.300. The Morgan fingerprint density at radius 2 is 2.21 bits per heavy atom. The Hall–Kier alpha value is -1.06. The Labute approximate surface area is 85.7 Å². The molecule has 72 valence electrons. The molecule has 0 radical (unpaired) electrons. The fourth-order valence-corrected chi connectivity index (χ4v) is 2.01. The molecule has 1 aliphatic rings. The number of benzene rings is 1. The summed E-state index contributed by atoms with van der Waals surface area (Å²) >= 11 is 5.96. The van der Waals surface area contributed by atoms with Crippen molar-refractivity contribution in [2.24, 2.45) is 0 Å². The maximum Gasteiger partial charge on any atom is 0.0906 e. The highest BCUT2D eigenvalue weighted by molar-refractivity contribution is 6.31. The fourth-order valence-electron chi connectivity index (χ4n) is 1.79. The lowest BCUT2D eigenvalue weighted by molar-refractivity contribution is 0.153. The van der Waals surface area contributed by atoms with E-state index >= 15 is 0 Å². The van der Waals surface area contributed by atoms with Crippen LogP contribution in [0.2, 0.25) is 5.02 Å². The summed E-state index contributed by atoms with van der Waals surface area (Å²) in [5.74, 6) is 0. The van der Waals surface area contributed by atoms with Gasteiger partial charge in [-0.05, 0) is 30.5 Å². The van der Waals surface area contributed by atoms with E-state index in [1.54, 1.807) is 6.20 Å². The molecule has 3 rings (SSSR count). The third kappa shape index (κ3) is 1.06. The van der Waals surface area contributed by atoms with Gasteiger partial charge in [-0.25, -0.2) is 0 Å². The van der Waals surface area contributed by atoms with E-state index in [4.69, 9.17) is 11.6 Å². The summed E-state index contributed by atoms with van der Waals surface area (Å²) in [7, 11) is 0. The summed E-state index contributed by atoms with van der Waals surface area (Å²) in [4.78, 5) is 0. The van der Waals surface area contributed by atoms with Gasteiger partial charge in [0.25, 0.3) is 0 Å². The first-order chi connectivity index (χ1) is 6.69. The van der Waals surface area contributed by atoms with Gasteiger partial charge in [-0.3, -0.25) is 5.10 Å². The van der Waals surface area contributed by atoms with E-state index in [9.17, 15) is 5.11 Å². The van der Waals surface area contributed by atoms with Gasteiger partial charge in [-0.15, -0.1) is 0 Å². The minimum absolute atomic E-state index is 0.636. The normalized spacial score (nSPS) is 18.7. The summed E-state index contributed by atoms with van der Waals surface area (Å²) in [5.41, 5.74) is 1.12. The van der Waals surface area contributed by atoms with Crippen molar-refractivity contribution in [2.45, 2.75) is 18.4 Å². The van der Waals surface area contributed by atoms with Crippen molar-refractivity contribution in [2.75, 3.05) is 0 Å². The molecule has 1 saturated carbocycles. The lowest BCUT2D eigenvalue weighted by Crippen LogP contribution is -2.04. The molecule has 0 atom stereocenters. The SMILES string of the molecule is OC1(c2cc(Cl)cc3[nH]ncc23)CC1. The maximum absolute atomic E-state index is 10.0. The Balaban J connectivity index is 2.35. The number of hydrogen-bond donors (Lipinski definition) is 2. The zero-order chi connectivity index (χ0) is 9.76. The molecule has 0 amide bonds. The first-order valence-electron chi connectivity index (χ1n) is 4.54. The first kappa shape index (κ1) is 8.26. The number of aromatic amines is 1. The van der Waals surface area contributed by atoms with Crippen LogP contribution in [0.15, 0.2) is 18.3 Å². The van der Waals surface area contributed by atoms with Crippen molar-refractivity contribution < 1.29 is 5.11 Å². The van der Waals surface area contributed by atoms with Crippen LogP contribution in [-0.4, -0.2) is 15.3 Å². The van der Waals surface area contributed by atoms with Gasteiger partial charge in [-0.2, -0.15) is 5.10 Å². The van der Waals surface area contributed by atoms with E-state index in [-0.39, 0.29) is 0 Å². The first-order valence-corrected chi connectivity index (χ1v) is 4.92. The van der Waals surface area contributed by atoms with Crippen LogP contribution < -0.4 is 0 Å². The lowest BCUT2D eigenvalue weighted by Gasteiger charge is -2.09. The number of aromatic nitrogens is 2. The van der Waals surface area contributed by atoms with Crippen LogP contribution in [0.4, 0.5) is 0 Å². The third-order valence-electron chi connectivity index (χ3n) is 2.75. The number of nitrogens with one attached hydrogen (secondary N) is 1. The minimum atomic E-state index is -0.660.